The van der Waals surface area contributed by atoms with Gasteiger partial charge in [-0.25, -0.2) is 9.97 Å². The summed E-state index contributed by atoms with van der Waals surface area (Å²) in [6.07, 6.45) is 5.35. The lowest BCUT2D eigenvalue weighted by atomic mass is 10.1. The number of nitrogens with zero attached hydrogens (tertiary/aromatic N) is 3. The number of hydrogen-bond acceptors (Lipinski definition) is 5. The Bertz CT molecular complexity index is 399. The number of nitrogens with one attached hydrogen (secondary N) is 1. The molecule has 5 heteroatoms. The van der Waals surface area contributed by atoms with Crippen molar-refractivity contribution in [1.29, 1.82) is 0 Å². The number of anilines is 1. The average Bonchev–Trinajstić information content (AvgIpc) is 2.36. The maximum Gasteiger partial charge on any atom is 0.225 e. The van der Waals surface area contributed by atoms with Gasteiger partial charge in [-0.3, -0.25) is 0 Å². The van der Waals surface area contributed by atoms with Crippen molar-refractivity contribution in [1.82, 2.24) is 15.3 Å². The number of aliphatic hydroxyl groups is 1. The largest absolute Gasteiger partial charge is 0.391 e. The highest BCUT2D eigenvalue weighted by Crippen LogP contribution is 2.15. The number of rotatable bonds is 3. The van der Waals surface area contributed by atoms with E-state index in [1.807, 2.05) is 12.4 Å². The third-order valence-electron chi connectivity index (χ3n) is 3.19. The van der Waals surface area contributed by atoms with E-state index in [1.165, 1.54) is 0 Å². The number of aliphatic hydroxyl groups excluding tert-OH is 1. The zero-order valence-electron chi connectivity index (χ0n) is 12.1. The molecule has 1 aliphatic heterocycles. The third-order valence-corrected chi connectivity index (χ3v) is 3.19. The van der Waals surface area contributed by atoms with Gasteiger partial charge < -0.3 is 15.3 Å². The Balaban J connectivity index is 1.94. The Morgan fingerprint density at radius 3 is 2.63 bits per heavy atom. The van der Waals surface area contributed by atoms with Crippen LogP contribution in [0.25, 0.3) is 0 Å². The van der Waals surface area contributed by atoms with E-state index < -0.39 is 0 Å². The molecule has 0 spiro atoms. The number of β-amino-alcohol motifs (C(OH)–C–C–N with tert-alkyl or cyclic N) is 1. The van der Waals surface area contributed by atoms with Crippen molar-refractivity contribution in [3.05, 3.63) is 18.0 Å². The van der Waals surface area contributed by atoms with Crippen molar-refractivity contribution in [3.8, 4) is 0 Å². The van der Waals surface area contributed by atoms with Crippen molar-refractivity contribution in [2.75, 3.05) is 18.0 Å². The molecule has 0 amide bonds. The molecule has 19 heavy (non-hydrogen) atoms. The highest BCUT2D eigenvalue weighted by Gasteiger charge is 2.19. The number of piperidine rings is 1. The number of hydrogen-bond donors (Lipinski definition) is 2. The fraction of sp³-hybridized carbons (Fsp3) is 0.714. The van der Waals surface area contributed by atoms with Crippen LogP contribution in [0.4, 0.5) is 5.95 Å². The van der Waals surface area contributed by atoms with Crippen LogP contribution in [0.3, 0.4) is 0 Å². The summed E-state index contributed by atoms with van der Waals surface area (Å²) in [7, 11) is 0. The van der Waals surface area contributed by atoms with Gasteiger partial charge in [0.05, 0.1) is 6.10 Å². The van der Waals surface area contributed by atoms with Crippen LogP contribution in [0.2, 0.25) is 0 Å². The van der Waals surface area contributed by atoms with Gasteiger partial charge in [-0.2, -0.15) is 0 Å². The first-order valence-electron chi connectivity index (χ1n) is 6.93. The van der Waals surface area contributed by atoms with Crippen molar-refractivity contribution in [2.24, 2.45) is 0 Å². The molecule has 0 bridgehead atoms. The average molecular weight is 264 g/mol. The minimum atomic E-state index is -0.250. The van der Waals surface area contributed by atoms with Gasteiger partial charge >= 0.3 is 0 Å². The second-order valence-electron chi connectivity index (χ2n) is 6.24. The van der Waals surface area contributed by atoms with Crippen molar-refractivity contribution in [3.63, 3.8) is 0 Å². The SMILES string of the molecule is CC(C)(C)NCc1cnc(N2CCCC(O)C2)nc1. The normalized spacial score (nSPS) is 20.6. The van der Waals surface area contributed by atoms with E-state index in [1.54, 1.807) is 0 Å². The molecular formula is C14H24N4O. The van der Waals surface area contributed by atoms with Gasteiger partial charge in [0.25, 0.3) is 0 Å². The van der Waals surface area contributed by atoms with Gasteiger partial charge in [0, 0.05) is 43.1 Å². The molecule has 2 N–H and O–H groups in total. The second-order valence-corrected chi connectivity index (χ2v) is 6.24. The van der Waals surface area contributed by atoms with E-state index in [0.717, 1.165) is 37.4 Å². The summed E-state index contributed by atoms with van der Waals surface area (Å²) in [5.41, 5.74) is 1.17. The molecule has 1 fully saturated rings. The predicted molar refractivity (Wildman–Crippen MR) is 76.1 cm³/mol. The van der Waals surface area contributed by atoms with E-state index in [-0.39, 0.29) is 11.6 Å². The topological polar surface area (TPSA) is 61.3 Å². The molecule has 1 unspecified atom stereocenters. The minimum absolute atomic E-state index is 0.0929. The predicted octanol–water partition coefficient (Wildman–Crippen LogP) is 1.33. The summed E-state index contributed by atoms with van der Waals surface area (Å²) in [5.74, 6) is 0.721. The molecule has 1 aromatic rings. The summed E-state index contributed by atoms with van der Waals surface area (Å²) >= 11 is 0. The smallest absolute Gasteiger partial charge is 0.225 e. The summed E-state index contributed by atoms with van der Waals surface area (Å²) in [6.45, 7) is 8.74. The highest BCUT2D eigenvalue weighted by molar-refractivity contribution is 5.30. The zero-order chi connectivity index (χ0) is 13.9. The molecule has 106 valence electrons. The van der Waals surface area contributed by atoms with Crippen LogP contribution in [-0.2, 0) is 6.54 Å². The van der Waals surface area contributed by atoms with Gasteiger partial charge in [-0.15, -0.1) is 0 Å². The highest BCUT2D eigenvalue weighted by atomic mass is 16.3. The third kappa shape index (κ3) is 4.44. The fourth-order valence-corrected chi connectivity index (χ4v) is 2.11. The number of aromatic nitrogens is 2. The Labute approximate surface area is 115 Å². The molecule has 2 heterocycles. The van der Waals surface area contributed by atoms with Crippen LogP contribution < -0.4 is 10.2 Å². The molecule has 1 saturated heterocycles. The van der Waals surface area contributed by atoms with Gasteiger partial charge in [0.1, 0.15) is 0 Å². The van der Waals surface area contributed by atoms with E-state index in [4.69, 9.17) is 0 Å². The van der Waals surface area contributed by atoms with Crippen LogP contribution in [0.15, 0.2) is 12.4 Å². The van der Waals surface area contributed by atoms with Crippen LogP contribution in [-0.4, -0.2) is 39.8 Å². The molecule has 0 aliphatic carbocycles. The molecule has 1 aliphatic rings. The van der Waals surface area contributed by atoms with E-state index >= 15 is 0 Å². The molecule has 5 nitrogen and oxygen atoms in total. The molecule has 2 rings (SSSR count). The lowest BCUT2D eigenvalue weighted by molar-refractivity contribution is 0.153. The molecule has 0 radical (unpaired) electrons. The molecule has 0 aromatic carbocycles. The molecular weight excluding hydrogens is 240 g/mol. The summed E-state index contributed by atoms with van der Waals surface area (Å²) in [6, 6.07) is 0. The van der Waals surface area contributed by atoms with E-state index in [2.05, 4.69) is 41.0 Å². The van der Waals surface area contributed by atoms with Crippen LogP contribution in [0.1, 0.15) is 39.2 Å². The van der Waals surface area contributed by atoms with Crippen molar-refractivity contribution in [2.45, 2.75) is 51.8 Å². The van der Waals surface area contributed by atoms with Gasteiger partial charge in [0.15, 0.2) is 0 Å². The van der Waals surface area contributed by atoms with Crippen LogP contribution >= 0.6 is 0 Å². The molecule has 0 saturated carbocycles. The lowest BCUT2D eigenvalue weighted by Crippen LogP contribution is -2.39. The second kappa shape index (κ2) is 5.84. The Hall–Kier alpha value is -1.20. The minimum Gasteiger partial charge on any atom is -0.391 e. The zero-order valence-corrected chi connectivity index (χ0v) is 12.1. The fourth-order valence-electron chi connectivity index (χ4n) is 2.11. The van der Waals surface area contributed by atoms with Crippen LogP contribution in [0, 0.1) is 0 Å². The standard InChI is InChI=1S/C14H24N4O/c1-14(2,3)17-9-11-7-15-13(16-8-11)18-6-4-5-12(19)10-18/h7-8,12,17,19H,4-6,9-10H2,1-3H3. The van der Waals surface area contributed by atoms with E-state index in [9.17, 15) is 5.11 Å². The van der Waals surface area contributed by atoms with Gasteiger partial charge in [-0.05, 0) is 33.6 Å². The summed E-state index contributed by atoms with van der Waals surface area (Å²) in [5, 5.41) is 13.1. The Morgan fingerprint density at radius 2 is 2.05 bits per heavy atom. The van der Waals surface area contributed by atoms with Crippen LogP contribution in [0.5, 0.6) is 0 Å². The maximum absolute atomic E-state index is 9.66. The van der Waals surface area contributed by atoms with Crippen molar-refractivity contribution < 1.29 is 5.11 Å². The van der Waals surface area contributed by atoms with Gasteiger partial charge in [0.2, 0.25) is 5.95 Å². The lowest BCUT2D eigenvalue weighted by Gasteiger charge is -2.30. The molecule has 1 aromatic heterocycles. The maximum atomic E-state index is 9.66. The Morgan fingerprint density at radius 1 is 1.37 bits per heavy atom. The van der Waals surface area contributed by atoms with E-state index in [0.29, 0.717) is 6.54 Å². The van der Waals surface area contributed by atoms with Crippen molar-refractivity contribution >= 4 is 5.95 Å². The summed E-state index contributed by atoms with van der Waals surface area (Å²) < 4.78 is 0. The first-order valence-corrected chi connectivity index (χ1v) is 6.93. The molecule has 1 atom stereocenters. The Kier molecular flexibility index (Phi) is 4.37. The van der Waals surface area contributed by atoms with Gasteiger partial charge in [-0.1, -0.05) is 0 Å². The quantitative estimate of drug-likeness (QED) is 0.862. The summed E-state index contributed by atoms with van der Waals surface area (Å²) in [4.78, 5) is 10.9. The first kappa shape index (κ1) is 14.2. The first-order chi connectivity index (χ1) is 8.94. The monoisotopic (exact) mass is 264 g/mol.